The summed E-state index contributed by atoms with van der Waals surface area (Å²) in [5.74, 6) is -0.560. The SMILES string of the molecule is Cn1cccc1C(C(=O)NCC1CCCO1)N(Cc1ccccc1Cl)C(=O)Cn1nnc2ccccc21. The molecule has 1 aliphatic heterocycles. The van der Waals surface area contributed by atoms with Gasteiger partial charge in [0, 0.05) is 43.7 Å². The van der Waals surface area contributed by atoms with Crippen LogP contribution in [-0.4, -0.2) is 55.5 Å². The van der Waals surface area contributed by atoms with E-state index in [4.69, 9.17) is 16.3 Å². The molecule has 9 nitrogen and oxygen atoms in total. The van der Waals surface area contributed by atoms with Crippen LogP contribution in [0.2, 0.25) is 5.02 Å². The number of nitrogens with zero attached hydrogens (tertiary/aromatic N) is 5. The van der Waals surface area contributed by atoms with Crippen LogP contribution in [0.1, 0.15) is 30.1 Å². The Labute approximate surface area is 219 Å². The van der Waals surface area contributed by atoms with Gasteiger partial charge in [0.25, 0.3) is 0 Å². The molecule has 0 radical (unpaired) electrons. The summed E-state index contributed by atoms with van der Waals surface area (Å²) >= 11 is 6.49. The second-order valence-electron chi connectivity index (χ2n) is 9.18. The molecule has 0 bridgehead atoms. The van der Waals surface area contributed by atoms with Crippen LogP contribution in [0.4, 0.5) is 0 Å². The van der Waals surface area contributed by atoms with Crippen LogP contribution in [-0.2, 0) is 34.5 Å². The van der Waals surface area contributed by atoms with E-state index in [1.807, 2.05) is 72.4 Å². The van der Waals surface area contributed by atoms with Crippen molar-refractivity contribution >= 4 is 34.4 Å². The van der Waals surface area contributed by atoms with E-state index in [1.54, 1.807) is 15.6 Å². The minimum atomic E-state index is -0.889. The first-order valence-electron chi connectivity index (χ1n) is 12.3. The molecule has 2 atom stereocenters. The maximum absolute atomic E-state index is 14.0. The van der Waals surface area contributed by atoms with Gasteiger partial charge in [0.05, 0.1) is 11.6 Å². The Morgan fingerprint density at radius 1 is 1.16 bits per heavy atom. The van der Waals surface area contributed by atoms with Crippen molar-refractivity contribution in [1.29, 1.82) is 0 Å². The van der Waals surface area contributed by atoms with E-state index in [0.29, 0.717) is 29.4 Å². The highest BCUT2D eigenvalue weighted by Gasteiger charge is 2.34. The van der Waals surface area contributed by atoms with Gasteiger partial charge in [-0.3, -0.25) is 9.59 Å². The van der Waals surface area contributed by atoms with E-state index in [2.05, 4.69) is 15.6 Å². The number of nitrogens with one attached hydrogen (secondary N) is 1. The highest BCUT2D eigenvalue weighted by molar-refractivity contribution is 6.31. The first-order valence-corrected chi connectivity index (χ1v) is 12.7. The molecule has 1 saturated heterocycles. The highest BCUT2D eigenvalue weighted by atomic mass is 35.5. The fraction of sp³-hybridized carbons (Fsp3) is 0.333. The summed E-state index contributed by atoms with van der Waals surface area (Å²) < 4.78 is 9.11. The smallest absolute Gasteiger partial charge is 0.249 e. The average Bonchev–Trinajstić information content (AvgIpc) is 3.66. The Balaban J connectivity index is 1.50. The minimum absolute atomic E-state index is 0.0211. The third-order valence-corrected chi connectivity index (χ3v) is 7.04. The van der Waals surface area contributed by atoms with E-state index < -0.39 is 6.04 Å². The molecule has 1 N–H and O–H groups in total. The van der Waals surface area contributed by atoms with Crippen LogP contribution in [0.25, 0.3) is 11.0 Å². The van der Waals surface area contributed by atoms with Crippen molar-refractivity contribution in [2.75, 3.05) is 13.2 Å². The molecule has 37 heavy (non-hydrogen) atoms. The first kappa shape index (κ1) is 25.0. The van der Waals surface area contributed by atoms with Gasteiger partial charge in [-0.25, -0.2) is 4.68 Å². The monoisotopic (exact) mass is 520 g/mol. The van der Waals surface area contributed by atoms with Crippen LogP contribution >= 0.6 is 11.6 Å². The molecule has 2 aromatic heterocycles. The number of halogens is 1. The Morgan fingerprint density at radius 3 is 2.73 bits per heavy atom. The summed E-state index contributed by atoms with van der Waals surface area (Å²) in [7, 11) is 1.86. The first-order chi connectivity index (χ1) is 18.0. The third-order valence-electron chi connectivity index (χ3n) is 6.68. The molecule has 4 aromatic rings. The normalized spacial score (nSPS) is 16.1. The molecule has 5 rings (SSSR count). The van der Waals surface area contributed by atoms with Crippen molar-refractivity contribution in [3.8, 4) is 0 Å². The van der Waals surface area contributed by atoms with Gasteiger partial charge in [0.15, 0.2) is 6.04 Å². The number of hydrogen-bond donors (Lipinski definition) is 1. The zero-order chi connectivity index (χ0) is 25.8. The summed E-state index contributed by atoms with van der Waals surface area (Å²) in [5, 5.41) is 11.9. The molecule has 0 spiro atoms. The van der Waals surface area contributed by atoms with Crippen LogP contribution in [0.15, 0.2) is 66.9 Å². The maximum Gasteiger partial charge on any atom is 0.249 e. The number of ether oxygens (including phenoxy) is 1. The molecule has 0 aliphatic carbocycles. The number of para-hydroxylation sites is 1. The van der Waals surface area contributed by atoms with E-state index in [-0.39, 0.29) is 31.0 Å². The van der Waals surface area contributed by atoms with Crippen LogP contribution < -0.4 is 5.32 Å². The number of amides is 2. The number of fused-ring (bicyclic) bond motifs is 1. The lowest BCUT2D eigenvalue weighted by Crippen LogP contribution is -2.46. The number of carbonyl (C=O) groups is 2. The zero-order valence-corrected chi connectivity index (χ0v) is 21.3. The standard InChI is InChI=1S/C27H29ClN6O3/c1-32-14-6-13-24(32)26(27(36)29-16-20-9-7-15-37-20)33(17-19-8-2-3-10-21(19)28)25(35)18-34-23-12-5-4-11-22(23)30-31-34/h2-6,8,10-14,20,26H,7,9,15-18H2,1H3,(H,29,36). The van der Waals surface area contributed by atoms with Crippen LogP contribution in [0.3, 0.4) is 0 Å². The van der Waals surface area contributed by atoms with Crippen molar-refractivity contribution in [2.45, 2.75) is 38.1 Å². The maximum atomic E-state index is 14.0. The summed E-state index contributed by atoms with van der Waals surface area (Å²) in [4.78, 5) is 29.3. The van der Waals surface area contributed by atoms with E-state index in [0.717, 1.165) is 23.9 Å². The molecule has 2 unspecified atom stereocenters. The van der Waals surface area contributed by atoms with E-state index in [9.17, 15) is 9.59 Å². The molecular formula is C27H29ClN6O3. The number of carbonyl (C=O) groups excluding carboxylic acids is 2. The quantitative estimate of drug-likeness (QED) is 0.364. The molecule has 10 heteroatoms. The van der Waals surface area contributed by atoms with Crippen molar-refractivity contribution in [3.63, 3.8) is 0 Å². The van der Waals surface area contributed by atoms with Gasteiger partial charge in [-0.1, -0.05) is 47.1 Å². The van der Waals surface area contributed by atoms with Crippen molar-refractivity contribution < 1.29 is 14.3 Å². The van der Waals surface area contributed by atoms with Crippen LogP contribution in [0, 0.1) is 0 Å². The van der Waals surface area contributed by atoms with E-state index >= 15 is 0 Å². The second-order valence-corrected chi connectivity index (χ2v) is 9.58. The van der Waals surface area contributed by atoms with Crippen molar-refractivity contribution in [2.24, 2.45) is 7.05 Å². The van der Waals surface area contributed by atoms with Gasteiger partial charge in [0.1, 0.15) is 12.1 Å². The molecule has 1 aliphatic rings. The largest absolute Gasteiger partial charge is 0.376 e. The summed E-state index contributed by atoms with van der Waals surface area (Å²) in [6.07, 6.45) is 3.72. The third kappa shape index (κ3) is 5.52. The van der Waals surface area contributed by atoms with Gasteiger partial charge in [-0.2, -0.15) is 0 Å². The van der Waals surface area contributed by atoms with Gasteiger partial charge >= 0.3 is 0 Å². The van der Waals surface area contributed by atoms with Crippen molar-refractivity contribution in [1.82, 2.24) is 29.8 Å². The molecule has 0 saturated carbocycles. The molecular weight excluding hydrogens is 492 g/mol. The number of aromatic nitrogens is 4. The number of rotatable bonds is 9. The highest BCUT2D eigenvalue weighted by Crippen LogP contribution is 2.27. The van der Waals surface area contributed by atoms with Gasteiger partial charge in [-0.05, 0) is 48.7 Å². The fourth-order valence-electron chi connectivity index (χ4n) is 4.70. The molecule has 3 heterocycles. The lowest BCUT2D eigenvalue weighted by Gasteiger charge is -2.32. The molecule has 192 valence electrons. The van der Waals surface area contributed by atoms with Crippen LogP contribution in [0.5, 0.6) is 0 Å². The van der Waals surface area contributed by atoms with E-state index in [1.165, 1.54) is 0 Å². The Morgan fingerprint density at radius 2 is 1.97 bits per heavy atom. The zero-order valence-electron chi connectivity index (χ0n) is 20.6. The second kappa shape index (κ2) is 11.1. The minimum Gasteiger partial charge on any atom is -0.376 e. The Bertz CT molecular complexity index is 1390. The predicted octanol–water partition coefficient (Wildman–Crippen LogP) is 3.49. The average molecular weight is 521 g/mol. The lowest BCUT2D eigenvalue weighted by molar-refractivity contribution is -0.142. The number of aryl methyl sites for hydroxylation is 1. The number of benzene rings is 2. The fourth-order valence-corrected chi connectivity index (χ4v) is 4.89. The van der Waals surface area contributed by atoms with Gasteiger partial charge in [-0.15, -0.1) is 5.10 Å². The molecule has 2 amide bonds. The topological polar surface area (TPSA) is 94.3 Å². The Hall–Kier alpha value is -3.69. The molecule has 2 aromatic carbocycles. The number of hydrogen-bond acceptors (Lipinski definition) is 5. The van der Waals surface area contributed by atoms with Gasteiger partial charge < -0.3 is 19.5 Å². The summed E-state index contributed by atoms with van der Waals surface area (Å²) in [5.41, 5.74) is 2.87. The summed E-state index contributed by atoms with van der Waals surface area (Å²) in [6, 6.07) is 17.6. The van der Waals surface area contributed by atoms with Crippen molar-refractivity contribution in [3.05, 3.63) is 83.1 Å². The lowest BCUT2D eigenvalue weighted by atomic mass is 10.1. The summed E-state index contributed by atoms with van der Waals surface area (Å²) in [6.45, 7) is 1.16. The molecule has 1 fully saturated rings. The van der Waals surface area contributed by atoms with Gasteiger partial charge in [0.2, 0.25) is 11.8 Å². The predicted molar refractivity (Wildman–Crippen MR) is 140 cm³/mol. The Kier molecular flexibility index (Phi) is 7.52.